The average molecular weight is 534 g/mol. The molecule has 4 heterocycles. The number of hydrogen-bond acceptors (Lipinski definition) is 6. The molecule has 38 heavy (non-hydrogen) atoms. The van der Waals surface area contributed by atoms with Gasteiger partial charge in [0.15, 0.2) is 9.84 Å². The first-order chi connectivity index (χ1) is 18.2. The van der Waals surface area contributed by atoms with E-state index in [9.17, 15) is 8.42 Å². The molecule has 6 rings (SSSR count). The molecule has 1 aliphatic heterocycles. The molecule has 0 N–H and O–H groups in total. The predicted molar refractivity (Wildman–Crippen MR) is 143 cm³/mol. The van der Waals surface area contributed by atoms with E-state index in [4.69, 9.17) is 14.2 Å². The van der Waals surface area contributed by atoms with Crippen LogP contribution in [0.1, 0.15) is 35.9 Å². The van der Waals surface area contributed by atoms with Crippen LogP contribution in [0.2, 0.25) is 0 Å². The van der Waals surface area contributed by atoms with E-state index in [0.717, 1.165) is 46.1 Å². The second kappa shape index (κ2) is 9.32. The molecule has 0 aliphatic carbocycles. The van der Waals surface area contributed by atoms with E-state index in [0.29, 0.717) is 30.1 Å². The second-order valence-corrected chi connectivity index (χ2v) is 12.0. The molecule has 5 aromatic rings. The number of halogens is 1. The summed E-state index contributed by atoms with van der Waals surface area (Å²) < 4.78 is 53.8. The molecule has 1 aliphatic rings. The van der Waals surface area contributed by atoms with E-state index >= 15 is 4.39 Å². The van der Waals surface area contributed by atoms with Gasteiger partial charge in [-0.05, 0) is 62.9 Å². The molecular formula is C29H28FN3O4S. The molecule has 196 valence electrons. The van der Waals surface area contributed by atoms with Crippen LogP contribution in [0, 0.1) is 25.6 Å². The van der Waals surface area contributed by atoms with Gasteiger partial charge in [0, 0.05) is 47.7 Å². The molecular weight excluding hydrogens is 505 g/mol. The molecule has 7 nitrogen and oxygen atoms in total. The Morgan fingerprint density at radius 2 is 1.82 bits per heavy atom. The minimum Gasteiger partial charge on any atom is -0.381 e. The zero-order valence-corrected chi connectivity index (χ0v) is 22.3. The van der Waals surface area contributed by atoms with Gasteiger partial charge in [0.1, 0.15) is 11.6 Å². The van der Waals surface area contributed by atoms with Crippen molar-refractivity contribution in [2.75, 3.05) is 19.5 Å². The Bertz CT molecular complexity index is 1770. The van der Waals surface area contributed by atoms with E-state index in [-0.39, 0.29) is 16.6 Å². The van der Waals surface area contributed by atoms with Crippen LogP contribution in [0.4, 0.5) is 4.39 Å². The first kappa shape index (κ1) is 24.8. The van der Waals surface area contributed by atoms with Crippen molar-refractivity contribution >= 4 is 31.8 Å². The van der Waals surface area contributed by atoms with Crippen molar-refractivity contribution in [1.82, 2.24) is 14.7 Å². The highest BCUT2D eigenvalue weighted by molar-refractivity contribution is 7.90. The van der Waals surface area contributed by atoms with E-state index in [1.54, 1.807) is 30.5 Å². The number of aromatic nitrogens is 3. The Morgan fingerprint density at radius 1 is 1.05 bits per heavy atom. The van der Waals surface area contributed by atoms with Crippen LogP contribution in [0.5, 0.6) is 0 Å². The lowest BCUT2D eigenvalue weighted by Gasteiger charge is -2.33. The number of fused-ring (bicyclic) bond motifs is 3. The fraction of sp³-hybridized carbons (Fsp3) is 0.310. The first-order valence-corrected chi connectivity index (χ1v) is 14.5. The number of rotatable bonds is 5. The van der Waals surface area contributed by atoms with Crippen LogP contribution >= 0.6 is 0 Å². The van der Waals surface area contributed by atoms with Gasteiger partial charge < -0.3 is 13.8 Å². The monoisotopic (exact) mass is 533 g/mol. The molecule has 0 saturated carbocycles. The lowest BCUT2D eigenvalue weighted by Crippen LogP contribution is -2.27. The molecule has 1 fully saturated rings. The third-order valence-corrected chi connectivity index (χ3v) is 8.69. The maximum Gasteiger partial charge on any atom is 0.175 e. The predicted octanol–water partition coefficient (Wildman–Crippen LogP) is 6.02. The number of pyridine rings is 1. The standard InChI is InChI=1S/C29H28FN3O4S/c1-17-27(18(2)37-32-17)20-14-26-28(31-16-20)23-9-8-21(38(3,34)35)15-25(23)33(26)29(19-10-12-36-13-11-19)22-6-4-5-7-24(22)30/h4-9,14-16,19,29H,10-13H2,1-3H3/t29-/m1/s1. The zero-order valence-electron chi connectivity index (χ0n) is 21.4. The van der Waals surface area contributed by atoms with E-state index in [1.165, 1.54) is 12.3 Å². The average Bonchev–Trinajstić information content (AvgIpc) is 3.41. The first-order valence-electron chi connectivity index (χ1n) is 12.6. The van der Waals surface area contributed by atoms with Gasteiger partial charge >= 0.3 is 0 Å². The Morgan fingerprint density at radius 3 is 2.50 bits per heavy atom. The molecule has 0 radical (unpaired) electrons. The molecule has 9 heteroatoms. The highest BCUT2D eigenvalue weighted by Crippen LogP contribution is 2.42. The summed E-state index contributed by atoms with van der Waals surface area (Å²) >= 11 is 0. The van der Waals surface area contributed by atoms with Crippen LogP contribution in [-0.4, -0.2) is 42.6 Å². The highest BCUT2D eigenvalue weighted by atomic mass is 32.2. The molecule has 0 unspecified atom stereocenters. The third-order valence-electron chi connectivity index (χ3n) is 7.58. The van der Waals surface area contributed by atoms with Crippen molar-refractivity contribution in [1.29, 1.82) is 0 Å². The van der Waals surface area contributed by atoms with Gasteiger partial charge in [-0.2, -0.15) is 0 Å². The van der Waals surface area contributed by atoms with Crippen LogP contribution in [-0.2, 0) is 14.6 Å². The lowest BCUT2D eigenvalue weighted by molar-refractivity contribution is 0.0548. The van der Waals surface area contributed by atoms with Crippen LogP contribution in [0.15, 0.2) is 64.1 Å². The number of aryl methyl sites for hydroxylation is 2. The summed E-state index contributed by atoms with van der Waals surface area (Å²) in [6.45, 7) is 4.92. The van der Waals surface area contributed by atoms with Gasteiger partial charge in [-0.25, -0.2) is 12.8 Å². The Kier molecular flexibility index (Phi) is 6.07. The van der Waals surface area contributed by atoms with Gasteiger partial charge in [-0.15, -0.1) is 0 Å². The van der Waals surface area contributed by atoms with Crippen molar-refractivity contribution in [3.8, 4) is 11.1 Å². The van der Waals surface area contributed by atoms with E-state index in [2.05, 4.69) is 9.72 Å². The van der Waals surface area contributed by atoms with Crippen molar-refractivity contribution < 1.29 is 22.1 Å². The van der Waals surface area contributed by atoms with Gasteiger partial charge in [-0.1, -0.05) is 23.4 Å². The number of sulfone groups is 1. The summed E-state index contributed by atoms with van der Waals surface area (Å²) in [6, 6.07) is 13.6. The largest absolute Gasteiger partial charge is 0.381 e. The molecule has 1 saturated heterocycles. The number of benzene rings is 2. The molecule has 2 aromatic carbocycles. The van der Waals surface area contributed by atoms with Gasteiger partial charge in [-0.3, -0.25) is 4.98 Å². The third kappa shape index (κ3) is 4.10. The number of ether oxygens (including phenoxy) is 1. The normalized spacial score (nSPS) is 15.9. The summed E-state index contributed by atoms with van der Waals surface area (Å²) in [5.74, 6) is 0.456. The molecule has 1 atom stereocenters. The summed E-state index contributed by atoms with van der Waals surface area (Å²) in [4.78, 5) is 5.05. The molecule has 0 spiro atoms. The maximum absolute atomic E-state index is 15.5. The van der Waals surface area contributed by atoms with E-state index < -0.39 is 15.9 Å². The Labute approximate surface area is 220 Å². The van der Waals surface area contributed by atoms with Crippen molar-refractivity contribution in [2.24, 2.45) is 5.92 Å². The summed E-state index contributed by atoms with van der Waals surface area (Å²) in [5, 5.41) is 4.92. The molecule has 0 bridgehead atoms. The van der Waals surface area contributed by atoms with Gasteiger partial charge in [0.05, 0.1) is 33.2 Å². The Balaban J connectivity index is 1.72. The van der Waals surface area contributed by atoms with Gasteiger partial charge in [0.2, 0.25) is 0 Å². The zero-order chi connectivity index (χ0) is 26.6. The minimum absolute atomic E-state index is 0.0732. The van der Waals surface area contributed by atoms with Gasteiger partial charge in [0.25, 0.3) is 0 Å². The van der Waals surface area contributed by atoms with Crippen molar-refractivity contribution in [3.05, 3.63) is 77.6 Å². The smallest absolute Gasteiger partial charge is 0.175 e. The Hall–Kier alpha value is -3.56. The molecule has 0 amide bonds. The summed E-state index contributed by atoms with van der Waals surface area (Å²) in [7, 11) is -3.48. The summed E-state index contributed by atoms with van der Waals surface area (Å²) in [5.41, 5.74) is 5.23. The fourth-order valence-corrected chi connectivity index (χ4v) is 6.44. The van der Waals surface area contributed by atoms with Crippen LogP contribution < -0.4 is 0 Å². The minimum atomic E-state index is -3.48. The SMILES string of the molecule is Cc1noc(C)c1-c1cnc2c3ccc(S(C)(=O)=O)cc3n([C@@H](c3ccccc3F)C3CCOCC3)c2c1. The van der Waals surface area contributed by atoms with Crippen molar-refractivity contribution in [2.45, 2.75) is 37.6 Å². The number of hydrogen-bond donors (Lipinski definition) is 0. The van der Waals surface area contributed by atoms with Crippen LogP contribution in [0.25, 0.3) is 33.1 Å². The maximum atomic E-state index is 15.5. The quantitative estimate of drug-likeness (QED) is 0.275. The lowest BCUT2D eigenvalue weighted by atomic mass is 9.86. The van der Waals surface area contributed by atoms with Crippen molar-refractivity contribution in [3.63, 3.8) is 0 Å². The number of nitrogens with zero attached hydrogens (tertiary/aromatic N) is 3. The fourth-order valence-electron chi connectivity index (χ4n) is 5.80. The van der Waals surface area contributed by atoms with Crippen LogP contribution in [0.3, 0.4) is 0 Å². The second-order valence-electron chi connectivity index (χ2n) is 10.0. The highest BCUT2D eigenvalue weighted by Gasteiger charge is 2.32. The molecule has 3 aromatic heterocycles. The topological polar surface area (TPSA) is 87.2 Å². The van der Waals surface area contributed by atoms with E-state index in [1.807, 2.05) is 32.0 Å². The summed E-state index contributed by atoms with van der Waals surface area (Å²) in [6.07, 6.45) is 4.49.